The normalized spacial score (nSPS) is 13.2. The van der Waals surface area contributed by atoms with E-state index < -0.39 is 30.7 Å². The molecule has 158 valence electrons. The Bertz CT molecular complexity index is 1010. The summed E-state index contributed by atoms with van der Waals surface area (Å²) < 4.78 is 30.7. The molecule has 0 atom stereocenters. The first kappa shape index (κ1) is 21.6. The molecule has 1 heterocycles. The molecule has 0 bridgehead atoms. The van der Waals surface area contributed by atoms with Crippen LogP contribution in [0.3, 0.4) is 0 Å². The molecule has 30 heavy (non-hydrogen) atoms. The van der Waals surface area contributed by atoms with Crippen molar-refractivity contribution in [3.05, 3.63) is 64.2 Å². The van der Waals surface area contributed by atoms with Crippen LogP contribution in [0.1, 0.15) is 42.2 Å². The lowest BCUT2D eigenvalue weighted by Gasteiger charge is -2.22. The molecule has 8 heteroatoms. The molecule has 0 N–H and O–H groups in total. The molecule has 2 aromatic rings. The van der Waals surface area contributed by atoms with Crippen LogP contribution in [0.15, 0.2) is 36.4 Å². The number of halogens is 2. The number of carbonyl (C=O) groups is 3. The predicted molar refractivity (Wildman–Crippen MR) is 107 cm³/mol. The van der Waals surface area contributed by atoms with Crippen molar-refractivity contribution < 1.29 is 27.9 Å². The number of aryl methyl sites for hydroxylation is 2. The van der Waals surface area contributed by atoms with Crippen LogP contribution < -0.4 is 4.90 Å². The number of anilines is 1. The molecule has 3 amide bonds. The predicted octanol–water partition coefficient (Wildman–Crippen LogP) is 3.46. The second kappa shape index (κ2) is 8.71. The van der Waals surface area contributed by atoms with Crippen LogP contribution >= 0.6 is 0 Å². The van der Waals surface area contributed by atoms with Crippen molar-refractivity contribution in [1.82, 2.24) is 4.90 Å². The van der Waals surface area contributed by atoms with Crippen molar-refractivity contribution in [2.45, 2.75) is 20.3 Å². The Morgan fingerprint density at radius 3 is 2.43 bits per heavy atom. The van der Waals surface area contributed by atoms with Crippen molar-refractivity contribution in [3.63, 3.8) is 0 Å². The Morgan fingerprint density at radius 2 is 1.77 bits per heavy atom. The van der Waals surface area contributed by atoms with E-state index in [1.54, 1.807) is 13.0 Å². The molecule has 0 unspecified atom stereocenters. The van der Waals surface area contributed by atoms with Gasteiger partial charge in [-0.15, -0.1) is 0 Å². The van der Waals surface area contributed by atoms with Gasteiger partial charge in [0.2, 0.25) is 0 Å². The molecular weight excluding hydrogens is 394 g/mol. The molecule has 1 aliphatic rings. The van der Waals surface area contributed by atoms with E-state index in [9.17, 15) is 23.2 Å². The SMILES string of the molecule is COCCN(CC(F)F)C(=O)c1ccc2c(c1)C(=O)N(c1cc(C)ccc1C)C2=O. The highest BCUT2D eigenvalue weighted by Crippen LogP contribution is 2.32. The first-order valence-electron chi connectivity index (χ1n) is 9.41. The van der Waals surface area contributed by atoms with Crippen molar-refractivity contribution in [2.75, 3.05) is 31.7 Å². The number of benzene rings is 2. The Morgan fingerprint density at radius 1 is 1.07 bits per heavy atom. The Hall–Kier alpha value is -3.13. The fraction of sp³-hybridized carbons (Fsp3) is 0.318. The number of hydrogen-bond donors (Lipinski definition) is 0. The van der Waals surface area contributed by atoms with Gasteiger partial charge in [-0.25, -0.2) is 13.7 Å². The van der Waals surface area contributed by atoms with Gasteiger partial charge >= 0.3 is 0 Å². The van der Waals surface area contributed by atoms with Crippen molar-refractivity contribution in [2.24, 2.45) is 0 Å². The highest BCUT2D eigenvalue weighted by molar-refractivity contribution is 6.35. The van der Waals surface area contributed by atoms with Gasteiger partial charge in [0, 0.05) is 19.2 Å². The number of hydrogen-bond acceptors (Lipinski definition) is 4. The van der Waals surface area contributed by atoms with Crippen LogP contribution in [-0.4, -0.2) is 55.9 Å². The van der Waals surface area contributed by atoms with Gasteiger partial charge in [0.25, 0.3) is 24.1 Å². The van der Waals surface area contributed by atoms with Gasteiger partial charge in [-0.3, -0.25) is 14.4 Å². The number of nitrogens with zero attached hydrogens (tertiary/aromatic N) is 2. The molecule has 0 radical (unpaired) electrons. The van der Waals surface area contributed by atoms with Crippen molar-refractivity contribution in [3.8, 4) is 0 Å². The third-order valence-electron chi connectivity index (χ3n) is 4.95. The van der Waals surface area contributed by atoms with Gasteiger partial charge in [0.05, 0.1) is 30.0 Å². The molecule has 1 aliphatic heterocycles. The van der Waals surface area contributed by atoms with Gasteiger partial charge in [-0.2, -0.15) is 0 Å². The van der Waals surface area contributed by atoms with Crippen molar-refractivity contribution in [1.29, 1.82) is 0 Å². The number of amides is 3. The number of ether oxygens (including phenoxy) is 1. The van der Waals surface area contributed by atoms with E-state index in [0.717, 1.165) is 20.9 Å². The average molecular weight is 416 g/mol. The van der Waals surface area contributed by atoms with Crippen LogP contribution in [0, 0.1) is 13.8 Å². The van der Waals surface area contributed by atoms with E-state index in [1.165, 1.54) is 25.3 Å². The van der Waals surface area contributed by atoms with Crippen LogP contribution in [0.5, 0.6) is 0 Å². The summed E-state index contributed by atoms with van der Waals surface area (Å²) in [4.78, 5) is 40.7. The Kier molecular flexibility index (Phi) is 6.26. The molecule has 0 aromatic heterocycles. The van der Waals surface area contributed by atoms with E-state index in [-0.39, 0.29) is 29.8 Å². The lowest BCUT2D eigenvalue weighted by Crippen LogP contribution is -2.37. The minimum Gasteiger partial charge on any atom is -0.383 e. The smallest absolute Gasteiger partial charge is 0.266 e. The van der Waals surface area contributed by atoms with Gasteiger partial charge in [-0.05, 0) is 49.2 Å². The molecule has 0 aliphatic carbocycles. The summed E-state index contributed by atoms with van der Waals surface area (Å²) in [5, 5.41) is 0. The first-order valence-corrected chi connectivity index (χ1v) is 9.41. The maximum absolute atomic E-state index is 13.0. The Balaban J connectivity index is 1.94. The lowest BCUT2D eigenvalue weighted by molar-refractivity contribution is 0.0478. The second-order valence-electron chi connectivity index (χ2n) is 7.13. The number of rotatable bonds is 7. The minimum atomic E-state index is -2.71. The Labute approximate surface area is 173 Å². The minimum absolute atomic E-state index is 0.0156. The number of imide groups is 1. The highest BCUT2D eigenvalue weighted by Gasteiger charge is 2.38. The standard InChI is InChI=1S/C22H22F2N2O4/c1-13-4-5-14(2)18(10-13)26-21(28)16-7-6-15(11-17(16)22(26)29)20(27)25(8-9-30-3)12-19(23)24/h4-7,10-11,19H,8-9,12H2,1-3H3. The van der Waals surface area contributed by atoms with Crippen LogP contribution in [0.2, 0.25) is 0 Å². The molecule has 2 aromatic carbocycles. The summed E-state index contributed by atoms with van der Waals surface area (Å²) in [6, 6.07) is 9.52. The molecule has 0 saturated carbocycles. The maximum Gasteiger partial charge on any atom is 0.266 e. The summed E-state index contributed by atoms with van der Waals surface area (Å²) in [6.45, 7) is 2.99. The fourth-order valence-corrected chi connectivity index (χ4v) is 3.38. The molecule has 0 fully saturated rings. The van der Waals surface area contributed by atoms with E-state index in [0.29, 0.717) is 5.69 Å². The van der Waals surface area contributed by atoms with Crippen LogP contribution in [0.25, 0.3) is 0 Å². The summed E-state index contributed by atoms with van der Waals surface area (Å²) in [7, 11) is 1.41. The van der Waals surface area contributed by atoms with E-state index in [4.69, 9.17) is 4.74 Å². The summed E-state index contributed by atoms with van der Waals surface area (Å²) in [6.07, 6.45) is -2.71. The molecule has 0 saturated heterocycles. The summed E-state index contributed by atoms with van der Waals surface area (Å²) in [5.41, 5.74) is 2.45. The molecule has 0 spiro atoms. The van der Waals surface area contributed by atoms with Gasteiger partial charge in [-0.1, -0.05) is 12.1 Å². The fourth-order valence-electron chi connectivity index (χ4n) is 3.38. The van der Waals surface area contributed by atoms with Gasteiger partial charge in [0.1, 0.15) is 0 Å². The zero-order valence-corrected chi connectivity index (χ0v) is 16.9. The topological polar surface area (TPSA) is 66.9 Å². The van der Waals surface area contributed by atoms with Crippen molar-refractivity contribution >= 4 is 23.4 Å². The van der Waals surface area contributed by atoms with E-state index in [1.807, 2.05) is 19.1 Å². The van der Waals surface area contributed by atoms with E-state index >= 15 is 0 Å². The van der Waals surface area contributed by atoms with Crippen LogP contribution in [0.4, 0.5) is 14.5 Å². The summed E-state index contributed by atoms with van der Waals surface area (Å²) in [5.74, 6) is -1.68. The number of methoxy groups -OCH3 is 1. The van der Waals surface area contributed by atoms with Crippen LogP contribution in [-0.2, 0) is 4.74 Å². The molecular formula is C22H22F2N2O4. The zero-order chi connectivity index (χ0) is 22.0. The molecule has 3 rings (SSSR count). The maximum atomic E-state index is 13.0. The lowest BCUT2D eigenvalue weighted by atomic mass is 10.0. The van der Waals surface area contributed by atoms with Gasteiger partial charge < -0.3 is 9.64 Å². The number of alkyl halides is 2. The quantitative estimate of drug-likeness (QED) is 0.649. The summed E-state index contributed by atoms with van der Waals surface area (Å²) >= 11 is 0. The first-order chi connectivity index (χ1) is 14.2. The largest absolute Gasteiger partial charge is 0.383 e. The number of carbonyl (C=O) groups excluding carboxylic acids is 3. The third kappa shape index (κ3) is 4.09. The number of fused-ring (bicyclic) bond motifs is 1. The monoisotopic (exact) mass is 416 g/mol. The van der Waals surface area contributed by atoms with Gasteiger partial charge in [0.15, 0.2) is 0 Å². The average Bonchev–Trinajstić information content (AvgIpc) is 2.96. The highest BCUT2D eigenvalue weighted by atomic mass is 19.3. The molecule has 6 nitrogen and oxygen atoms in total. The third-order valence-corrected chi connectivity index (χ3v) is 4.95. The second-order valence-corrected chi connectivity index (χ2v) is 7.13. The van der Waals surface area contributed by atoms with E-state index in [2.05, 4.69) is 0 Å². The zero-order valence-electron chi connectivity index (χ0n) is 16.9.